The minimum Gasteiger partial charge on any atom is -0.482 e. The highest BCUT2D eigenvalue weighted by Gasteiger charge is 2.24. The van der Waals surface area contributed by atoms with Crippen LogP contribution >= 0.6 is 0 Å². The summed E-state index contributed by atoms with van der Waals surface area (Å²) >= 11 is 0. The van der Waals surface area contributed by atoms with E-state index in [-0.39, 0.29) is 12.5 Å². The van der Waals surface area contributed by atoms with Gasteiger partial charge in [-0.2, -0.15) is 0 Å². The topological polar surface area (TPSA) is 69.2 Å². The molecule has 7 nitrogen and oxygen atoms in total. The van der Waals surface area contributed by atoms with E-state index in [1.54, 1.807) is 0 Å². The van der Waals surface area contributed by atoms with E-state index < -0.39 is 0 Å². The second-order valence-electron chi connectivity index (χ2n) is 8.22. The Morgan fingerprint density at radius 2 is 1.97 bits per heavy atom. The number of rotatable bonds is 9. The number of nitrogens with zero attached hydrogens (tertiary/aromatic N) is 3. The van der Waals surface area contributed by atoms with Gasteiger partial charge in [-0.05, 0) is 70.3 Å². The van der Waals surface area contributed by atoms with Gasteiger partial charge in [0.25, 0.3) is 5.91 Å². The van der Waals surface area contributed by atoms with Crippen LogP contribution in [0.2, 0.25) is 0 Å². The summed E-state index contributed by atoms with van der Waals surface area (Å²) in [6.45, 7) is 11.2. The van der Waals surface area contributed by atoms with Crippen LogP contribution < -0.4 is 20.3 Å². The zero-order chi connectivity index (χ0) is 21.2. The summed E-state index contributed by atoms with van der Waals surface area (Å²) in [6.07, 6.45) is 4.59. The Hall–Kier alpha value is -2.28. The predicted octanol–water partition coefficient (Wildman–Crippen LogP) is 2.48. The maximum Gasteiger partial charge on any atom is 0.265 e. The molecule has 1 fully saturated rings. The molecule has 0 aromatic heterocycles. The van der Waals surface area contributed by atoms with E-state index >= 15 is 0 Å². The molecule has 0 unspecified atom stereocenters. The van der Waals surface area contributed by atoms with Gasteiger partial charge in [-0.25, -0.2) is 0 Å². The number of hydrogen-bond acceptors (Lipinski definition) is 4. The van der Waals surface area contributed by atoms with Crippen LogP contribution in [0, 0.1) is 5.92 Å². The van der Waals surface area contributed by atoms with Crippen molar-refractivity contribution in [1.29, 1.82) is 0 Å². The summed E-state index contributed by atoms with van der Waals surface area (Å²) in [4.78, 5) is 21.3. The van der Waals surface area contributed by atoms with Crippen molar-refractivity contribution in [2.75, 3.05) is 57.3 Å². The molecule has 1 aromatic rings. The van der Waals surface area contributed by atoms with Gasteiger partial charge in [0.15, 0.2) is 12.6 Å². The lowest BCUT2D eigenvalue weighted by atomic mass is 9.99. The van der Waals surface area contributed by atoms with Gasteiger partial charge >= 0.3 is 0 Å². The normalized spacial score (nSPS) is 18.1. The summed E-state index contributed by atoms with van der Waals surface area (Å²) in [6, 6.07) is 7.70. The molecular weight excluding hydrogens is 378 g/mol. The zero-order valence-electron chi connectivity index (χ0n) is 18.5. The molecule has 2 aliphatic rings. The maximum atomic E-state index is 12.2. The Bertz CT molecular complexity index is 701. The number of benzene rings is 1. The second-order valence-corrected chi connectivity index (χ2v) is 8.22. The lowest BCUT2D eigenvalue weighted by molar-refractivity contribution is -0.121. The van der Waals surface area contributed by atoms with Crippen LogP contribution in [-0.2, 0) is 4.79 Å². The quantitative estimate of drug-likeness (QED) is 0.368. The van der Waals surface area contributed by atoms with Crippen LogP contribution in [0.5, 0.6) is 5.75 Å². The number of likely N-dealkylation sites (tertiary alicyclic amines) is 1. The summed E-state index contributed by atoms with van der Waals surface area (Å²) in [5.41, 5.74) is 0.856. The third kappa shape index (κ3) is 6.62. The van der Waals surface area contributed by atoms with Crippen LogP contribution in [0.25, 0.3) is 0 Å². The van der Waals surface area contributed by atoms with E-state index in [4.69, 9.17) is 4.74 Å². The summed E-state index contributed by atoms with van der Waals surface area (Å²) in [5.74, 6) is 2.53. The average molecular weight is 416 g/mol. The number of anilines is 1. The highest BCUT2D eigenvalue weighted by atomic mass is 16.5. The fraction of sp³-hybridized carbons (Fsp3) is 0.652. The van der Waals surface area contributed by atoms with E-state index in [1.165, 1.54) is 25.9 Å². The highest BCUT2D eigenvalue weighted by Crippen LogP contribution is 2.31. The summed E-state index contributed by atoms with van der Waals surface area (Å²) < 4.78 is 5.50. The van der Waals surface area contributed by atoms with Crippen molar-refractivity contribution in [2.24, 2.45) is 10.9 Å². The van der Waals surface area contributed by atoms with E-state index in [2.05, 4.69) is 34.4 Å². The fourth-order valence-electron chi connectivity index (χ4n) is 3.96. The van der Waals surface area contributed by atoms with Crippen molar-refractivity contribution in [3.8, 4) is 5.75 Å². The molecule has 30 heavy (non-hydrogen) atoms. The summed E-state index contributed by atoms with van der Waals surface area (Å²) in [5, 5.41) is 6.76. The third-order valence-electron chi connectivity index (χ3n) is 5.78. The number of piperidine rings is 1. The van der Waals surface area contributed by atoms with Crippen molar-refractivity contribution in [1.82, 2.24) is 15.5 Å². The Balaban J connectivity index is 1.39. The van der Waals surface area contributed by atoms with Gasteiger partial charge < -0.3 is 25.2 Å². The number of carbonyl (C=O) groups is 1. The van der Waals surface area contributed by atoms with Crippen molar-refractivity contribution in [3.05, 3.63) is 24.3 Å². The second kappa shape index (κ2) is 11.8. The van der Waals surface area contributed by atoms with Crippen molar-refractivity contribution < 1.29 is 9.53 Å². The smallest absolute Gasteiger partial charge is 0.265 e. The lowest BCUT2D eigenvalue weighted by Crippen LogP contribution is -2.40. The van der Waals surface area contributed by atoms with Gasteiger partial charge in [0.2, 0.25) is 0 Å². The number of aliphatic imine (C=N–C) groups is 1. The number of hydrogen-bond donors (Lipinski definition) is 2. The van der Waals surface area contributed by atoms with Crippen LogP contribution in [0.3, 0.4) is 0 Å². The number of nitrogens with one attached hydrogen (secondary N) is 2. The largest absolute Gasteiger partial charge is 0.482 e. The number of amides is 1. The molecule has 0 atom stereocenters. The first-order valence-corrected chi connectivity index (χ1v) is 11.4. The van der Waals surface area contributed by atoms with Crippen LogP contribution in [0.1, 0.15) is 39.5 Å². The molecule has 2 aliphatic heterocycles. The molecule has 0 bridgehead atoms. The molecule has 0 aliphatic carbocycles. The molecule has 2 N–H and O–H groups in total. The minimum atomic E-state index is 0.00909. The van der Waals surface area contributed by atoms with E-state index in [1.807, 2.05) is 29.2 Å². The minimum absolute atomic E-state index is 0.00909. The van der Waals surface area contributed by atoms with Gasteiger partial charge in [-0.15, -0.1) is 0 Å². The fourth-order valence-corrected chi connectivity index (χ4v) is 3.96. The van der Waals surface area contributed by atoms with Crippen molar-refractivity contribution >= 4 is 17.6 Å². The van der Waals surface area contributed by atoms with Gasteiger partial charge in [0, 0.05) is 26.2 Å². The summed E-state index contributed by atoms with van der Waals surface area (Å²) in [7, 11) is 0. The van der Waals surface area contributed by atoms with Crippen LogP contribution in [0.4, 0.5) is 5.69 Å². The van der Waals surface area contributed by atoms with Crippen LogP contribution in [0.15, 0.2) is 29.3 Å². The molecule has 2 heterocycles. The molecule has 1 aromatic carbocycles. The maximum absolute atomic E-state index is 12.2. The Labute approximate surface area is 180 Å². The molecule has 166 valence electrons. The van der Waals surface area contributed by atoms with Gasteiger partial charge in [-0.1, -0.05) is 19.1 Å². The monoisotopic (exact) mass is 415 g/mol. The standard InChI is InChI=1S/C23H37N5O2/c1-3-24-23(25-12-6-14-27-16-10-19(2)11-17-27)26-13-7-15-28-20-8-4-5-9-21(20)30-18-22(28)29/h4-5,8-9,19H,3,6-7,10-18H2,1-2H3,(H2,24,25,26). The molecule has 0 radical (unpaired) electrons. The Morgan fingerprint density at radius 3 is 2.77 bits per heavy atom. The number of para-hydroxylation sites is 2. The highest BCUT2D eigenvalue weighted by molar-refractivity contribution is 5.97. The van der Waals surface area contributed by atoms with Gasteiger partial charge in [0.1, 0.15) is 5.75 Å². The zero-order valence-corrected chi connectivity index (χ0v) is 18.5. The van der Waals surface area contributed by atoms with E-state index in [9.17, 15) is 4.79 Å². The Morgan fingerprint density at radius 1 is 1.17 bits per heavy atom. The molecular formula is C23H37N5O2. The number of ether oxygens (including phenoxy) is 1. The molecule has 1 saturated heterocycles. The molecule has 0 spiro atoms. The van der Waals surface area contributed by atoms with Gasteiger partial charge in [0.05, 0.1) is 5.69 Å². The third-order valence-corrected chi connectivity index (χ3v) is 5.78. The predicted molar refractivity (Wildman–Crippen MR) is 122 cm³/mol. The number of fused-ring (bicyclic) bond motifs is 1. The molecule has 1 amide bonds. The first kappa shape index (κ1) is 22.4. The number of carbonyl (C=O) groups excluding carboxylic acids is 1. The SMILES string of the molecule is CCNC(=NCCCN1C(=O)COc2ccccc21)NCCCN1CCC(C)CC1. The average Bonchev–Trinajstić information content (AvgIpc) is 2.76. The first-order valence-electron chi connectivity index (χ1n) is 11.4. The van der Waals surface area contributed by atoms with E-state index in [0.29, 0.717) is 13.1 Å². The van der Waals surface area contributed by atoms with Gasteiger partial charge in [-0.3, -0.25) is 9.79 Å². The van der Waals surface area contributed by atoms with Crippen molar-refractivity contribution in [3.63, 3.8) is 0 Å². The Kier molecular flexibility index (Phi) is 8.81. The number of guanidine groups is 1. The first-order chi connectivity index (χ1) is 14.7. The van der Waals surface area contributed by atoms with Crippen molar-refractivity contribution in [2.45, 2.75) is 39.5 Å². The molecule has 3 rings (SSSR count). The molecule has 0 saturated carbocycles. The van der Waals surface area contributed by atoms with Crippen LogP contribution in [-0.4, -0.2) is 69.2 Å². The van der Waals surface area contributed by atoms with E-state index in [0.717, 1.165) is 55.8 Å². The molecule has 7 heteroatoms. The lowest BCUT2D eigenvalue weighted by Gasteiger charge is -2.30.